The summed E-state index contributed by atoms with van der Waals surface area (Å²) in [7, 11) is 0. The van der Waals surface area contributed by atoms with E-state index in [0.29, 0.717) is 12.6 Å². The van der Waals surface area contributed by atoms with E-state index in [0.717, 1.165) is 29.7 Å². The van der Waals surface area contributed by atoms with Crippen molar-refractivity contribution < 1.29 is 9.53 Å². The van der Waals surface area contributed by atoms with Crippen molar-refractivity contribution in [2.45, 2.75) is 44.4 Å². The fourth-order valence-corrected chi connectivity index (χ4v) is 3.05. The third-order valence-electron chi connectivity index (χ3n) is 4.46. The van der Waals surface area contributed by atoms with Gasteiger partial charge >= 0.3 is 0 Å². The van der Waals surface area contributed by atoms with Crippen LogP contribution in [-0.4, -0.2) is 12.0 Å². The molecule has 0 radical (unpaired) electrons. The van der Waals surface area contributed by atoms with Crippen molar-refractivity contribution in [1.29, 1.82) is 0 Å². The molecule has 1 aliphatic rings. The van der Waals surface area contributed by atoms with Crippen LogP contribution in [0, 0.1) is 0 Å². The standard InChI is InChI=1S/C20H24N2O2.ClH/c21-19(15-8-2-1-3-9-15)20(23)22-14-16-10-4-7-13-18(16)24-17-11-5-6-12-17;/h1-4,7-10,13,17,19H,5-6,11-12,14,21H2,(H,22,23);1H. The van der Waals surface area contributed by atoms with Crippen LogP contribution in [0.2, 0.25) is 0 Å². The molecule has 1 saturated carbocycles. The summed E-state index contributed by atoms with van der Waals surface area (Å²) in [4.78, 5) is 12.3. The Morgan fingerprint density at radius 2 is 1.72 bits per heavy atom. The maximum Gasteiger partial charge on any atom is 0.241 e. The van der Waals surface area contributed by atoms with E-state index in [9.17, 15) is 4.79 Å². The fraction of sp³-hybridized carbons (Fsp3) is 0.350. The van der Waals surface area contributed by atoms with Crippen molar-refractivity contribution in [3.63, 3.8) is 0 Å². The second-order valence-corrected chi connectivity index (χ2v) is 6.24. The van der Waals surface area contributed by atoms with Gasteiger partial charge in [0.1, 0.15) is 11.8 Å². The number of ether oxygens (including phenoxy) is 1. The zero-order valence-electron chi connectivity index (χ0n) is 14.2. The molecule has 4 nitrogen and oxygen atoms in total. The first-order chi connectivity index (χ1) is 11.7. The number of benzene rings is 2. The van der Waals surface area contributed by atoms with Gasteiger partial charge in [-0.25, -0.2) is 0 Å². The second kappa shape index (κ2) is 9.44. The molecule has 134 valence electrons. The summed E-state index contributed by atoms with van der Waals surface area (Å²) in [6.45, 7) is 0.419. The molecule has 5 heteroatoms. The van der Waals surface area contributed by atoms with E-state index in [1.807, 2.05) is 54.6 Å². The average Bonchev–Trinajstić information content (AvgIpc) is 3.14. The summed E-state index contributed by atoms with van der Waals surface area (Å²) < 4.78 is 6.10. The summed E-state index contributed by atoms with van der Waals surface area (Å²) >= 11 is 0. The number of halogens is 1. The zero-order chi connectivity index (χ0) is 16.8. The number of carbonyl (C=O) groups is 1. The van der Waals surface area contributed by atoms with Crippen molar-refractivity contribution in [2.75, 3.05) is 0 Å². The highest BCUT2D eigenvalue weighted by Gasteiger charge is 2.19. The van der Waals surface area contributed by atoms with E-state index in [4.69, 9.17) is 10.5 Å². The normalized spacial score (nSPS) is 15.2. The first-order valence-corrected chi connectivity index (χ1v) is 8.57. The van der Waals surface area contributed by atoms with Gasteiger partial charge in [0.2, 0.25) is 5.91 Å². The summed E-state index contributed by atoms with van der Waals surface area (Å²) in [5.41, 5.74) is 7.82. The topological polar surface area (TPSA) is 64.4 Å². The molecule has 1 amide bonds. The van der Waals surface area contributed by atoms with Gasteiger partial charge in [-0.3, -0.25) is 4.79 Å². The molecule has 1 fully saturated rings. The van der Waals surface area contributed by atoms with Gasteiger partial charge in [-0.15, -0.1) is 12.4 Å². The SMILES string of the molecule is Cl.NC(C(=O)NCc1ccccc1OC1CCCC1)c1ccccc1. The molecular formula is C20H25ClN2O2. The molecule has 0 aliphatic heterocycles. The predicted octanol–water partition coefficient (Wildman–Crippen LogP) is 3.75. The maximum atomic E-state index is 12.3. The zero-order valence-corrected chi connectivity index (χ0v) is 15.0. The first-order valence-electron chi connectivity index (χ1n) is 8.57. The number of nitrogens with two attached hydrogens (primary N) is 1. The Kier molecular flexibility index (Phi) is 7.29. The lowest BCUT2D eigenvalue weighted by Gasteiger charge is -2.18. The Morgan fingerprint density at radius 3 is 2.44 bits per heavy atom. The van der Waals surface area contributed by atoms with E-state index < -0.39 is 6.04 Å². The third-order valence-corrected chi connectivity index (χ3v) is 4.46. The molecule has 1 aliphatic carbocycles. The molecule has 2 aromatic rings. The summed E-state index contributed by atoms with van der Waals surface area (Å²) in [5, 5.41) is 2.92. The van der Waals surface area contributed by atoms with Gasteiger partial charge in [0.15, 0.2) is 0 Å². The smallest absolute Gasteiger partial charge is 0.241 e. The van der Waals surface area contributed by atoms with E-state index in [1.165, 1.54) is 12.8 Å². The van der Waals surface area contributed by atoms with E-state index >= 15 is 0 Å². The number of hydrogen-bond acceptors (Lipinski definition) is 3. The lowest BCUT2D eigenvalue weighted by molar-refractivity contribution is -0.122. The van der Waals surface area contributed by atoms with Gasteiger partial charge in [-0.1, -0.05) is 48.5 Å². The number of nitrogens with one attached hydrogen (secondary N) is 1. The highest BCUT2D eigenvalue weighted by molar-refractivity contribution is 5.85. The largest absolute Gasteiger partial charge is 0.490 e. The molecule has 25 heavy (non-hydrogen) atoms. The molecule has 0 heterocycles. The molecule has 3 N–H and O–H groups in total. The van der Waals surface area contributed by atoms with Gasteiger partial charge in [0.05, 0.1) is 6.10 Å². The molecule has 1 atom stereocenters. The molecule has 0 saturated heterocycles. The fourth-order valence-electron chi connectivity index (χ4n) is 3.05. The second-order valence-electron chi connectivity index (χ2n) is 6.24. The highest BCUT2D eigenvalue weighted by atomic mass is 35.5. The van der Waals surface area contributed by atoms with Crippen LogP contribution in [0.15, 0.2) is 54.6 Å². The van der Waals surface area contributed by atoms with Crippen LogP contribution in [0.5, 0.6) is 5.75 Å². The first kappa shape index (κ1) is 19.3. The Labute approximate surface area is 155 Å². The quantitative estimate of drug-likeness (QED) is 0.824. The minimum atomic E-state index is -0.658. The van der Waals surface area contributed by atoms with Gasteiger partial charge in [0.25, 0.3) is 0 Å². The molecular weight excluding hydrogens is 336 g/mol. The van der Waals surface area contributed by atoms with Crippen molar-refractivity contribution in [2.24, 2.45) is 5.73 Å². The summed E-state index contributed by atoms with van der Waals surface area (Å²) in [5.74, 6) is 0.676. The lowest BCUT2D eigenvalue weighted by Crippen LogP contribution is -2.33. The van der Waals surface area contributed by atoms with Crippen LogP contribution in [0.4, 0.5) is 0 Å². The molecule has 0 spiro atoms. The van der Waals surface area contributed by atoms with Crippen LogP contribution in [-0.2, 0) is 11.3 Å². The Balaban J connectivity index is 0.00000225. The van der Waals surface area contributed by atoms with Crippen LogP contribution < -0.4 is 15.8 Å². The highest BCUT2D eigenvalue weighted by Crippen LogP contribution is 2.26. The number of carbonyl (C=O) groups excluding carboxylic acids is 1. The lowest BCUT2D eigenvalue weighted by atomic mass is 10.1. The molecule has 1 unspecified atom stereocenters. The third kappa shape index (κ3) is 5.21. The van der Waals surface area contributed by atoms with Crippen molar-refractivity contribution in [3.05, 3.63) is 65.7 Å². The van der Waals surface area contributed by atoms with Crippen LogP contribution >= 0.6 is 12.4 Å². The van der Waals surface area contributed by atoms with Crippen LogP contribution in [0.3, 0.4) is 0 Å². The molecule has 2 aromatic carbocycles. The number of amides is 1. The minimum Gasteiger partial charge on any atom is -0.490 e. The Hall–Kier alpha value is -2.04. The molecule has 0 bridgehead atoms. The van der Waals surface area contributed by atoms with Crippen LogP contribution in [0.1, 0.15) is 42.9 Å². The molecule has 3 rings (SSSR count). The summed E-state index contributed by atoms with van der Waals surface area (Å²) in [6.07, 6.45) is 4.98. The average molecular weight is 361 g/mol. The Morgan fingerprint density at radius 1 is 1.08 bits per heavy atom. The van der Waals surface area contributed by atoms with Crippen LogP contribution in [0.25, 0.3) is 0 Å². The van der Waals surface area contributed by atoms with E-state index in [2.05, 4.69) is 5.32 Å². The van der Waals surface area contributed by atoms with Gasteiger partial charge in [-0.05, 0) is 37.3 Å². The monoisotopic (exact) mass is 360 g/mol. The van der Waals surface area contributed by atoms with Gasteiger partial charge < -0.3 is 15.8 Å². The summed E-state index contributed by atoms with van der Waals surface area (Å²) in [6, 6.07) is 16.6. The number of rotatable bonds is 6. The number of para-hydroxylation sites is 1. The predicted molar refractivity (Wildman–Crippen MR) is 102 cm³/mol. The van der Waals surface area contributed by atoms with E-state index in [1.54, 1.807) is 0 Å². The van der Waals surface area contributed by atoms with Crippen molar-refractivity contribution in [1.82, 2.24) is 5.32 Å². The van der Waals surface area contributed by atoms with E-state index in [-0.39, 0.29) is 18.3 Å². The van der Waals surface area contributed by atoms with Crippen molar-refractivity contribution in [3.8, 4) is 5.75 Å². The van der Waals surface area contributed by atoms with Gasteiger partial charge in [-0.2, -0.15) is 0 Å². The maximum absolute atomic E-state index is 12.3. The minimum absolute atomic E-state index is 0. The molecule has 0 aromatic heterocycles. The van der Waals surface area contributed by atoms with Crippen molar-refractivity contribution >= 4 is 18.3 Å². The van der Waals surface area contributed by atoms with Gasteiger partial charge in [0, 0.05) is 12.1 Å². The Bertz CT molecular complexity index is 672. The number of hydrogen-bond donors (Lipinski definition) is 2.